The lowest BCUT2D eigenvalue weighted by Gasteiger charge is -2.19. The van der Waals surface area contributed by atoms with Gasteiger partial charge in [0.15, 0.2) is 0 Å². The highest BCUT2D eigenvalue weighted by molar-refractivity contribution is 5.45. The Morgan fingerprint density at radius 2 is 2.38 bits per heavy atom. The third-order valence-corrected chi connectivity index (χ3v) is 2.61. The molecule has 0 bridgehead atoms. The van der Waals surface area contributed by atoms with Gasteiger partial charge in [0.1, 0.15) is 0 Å². The standard InChI is InChI=1S/C13H21N3/c1-3-5-12(7-8-14)11(2)16-13-6-4-9-15-10-13/h4,6,9-10,12,16H,2-3,5,7-8,14H2,1H3. The fourth-order valence-electron chi connectivity index (χ4n) is 1.77. The van der Waals surface area contributed by atoms with E-state index in [1.54, 1.807) is 12.4 Å². The minimum atomic E-state index is 0.454. The minimum Gasteiger partial charge on any atom is -0.358 e. The molecule has 0 aliphatic carbocycles. The molecule has 1 heterocycles. The molecule has 3 heteroatoms. The molecular weight excluding hydrogens is 198 g/mol. The molecule has 1 aromatic heterocycles. The summed E-state index contributed by atoms with van der Waals surface area (Å²) in [6.07, 6.45) is 6.83. The van der Waals surface area contributed by atoms with Gasteiger partial charge >= 0.3 is 0 Å². The molecule has 0 saturated carbocycles. The van der Waals surface area contributed by atoms with E-state index < -0.39 is 0 Å². The van der Waals surface area contributed by atoms with Gasteiger partial charge in [-0.3, -0.25) is 4.98 Å². The van der Waals surface area contributed by atoms with Crippen molar-refractivity contribution in [1.29, 1.82) is 0 Å². The van der Waals surface area contributed by atoms with Crippen LogP contribution < -0.4 is 11.1 Å². The summed E-state index contributed by atoms with van der Waals surface area (Å²) in [5.41, 5.74) is 7.64. The second kappa shape index (κ2) is 7.01. The van der Waals surface area contributed by atoms with Crippen molar-refractivity contribution in [1.82, 2.24) is 4.98 Å². The molecule has 0 spiro atoms. The van der Waals surface area contributed by atoms with Gasteiger partial charge in [0.25, 0.3) is 0 Å². The number of nitrogens with one attached hydrogen (secondary N) is 1. The SMILES string of the molecule is C=C(Nc1cccnc1)C(CCC)CCN. The summed E-state index contributed by atoms with van der Waals surface area (Å²) in [5, 5.41) is 3.30. The molecule has 16 heavy (non-hydrogen) atoms. The summed E-state index contributed by atoms with van der Waals surface area (Å²) >= 11 is 0. The monoisotopic (exact) mass is 219 g/mol. The highest BCUT2D eigenvalue weighted by atomic mass is 14.9. The van der Waals surface area contributed by atoms with Crippen LogP contribution in [0.1, 0.15) is 26.2 Å². The smallest absolute Gasteiger partial charge is 0.0568 e. The van der Waals surface area contributed by atoms with Gasteiger partial charge in [0.2, 0.25) is 0 Å². The Balaban J connectivity index is 2.55. The molecule has 3 N–H and O–H groups in total. The molecule has 1 unspecified atom stereocenters. The number of rotatable bonds is 7. The van der Waals surface area contributed by atoms with Gasteiger partial charge in [-0.05, 0) is 37.4 Å². The largest absolute Gasteiger partial charge is 0.358 e. The van der Waals surface area contributed by atoms with Crippen LogP contribution in [0.3, 0.4) is 0 Å². The second-order valence-corrected chi connectivity index (χ2v) is 3.95. The fourth-order valence-corrected chi connectivity index (χ4v) is 1.77. The summed E-state index contributed by atoms with van der Waals surface area (Å²) in [6, 6.07) is 3.90. The Bertz CT molecular complexity index is 302. The van der Waals surface area contributed by atoms with E-state index in [0.29, 0.717) is 12.5 Å². The molecule has 0 aliphatic heterocycles. The highest BCUT2D eigenvalue weighted by Crippen LogP contribution is 2.20. The summed E-state index contributed by atoms with van der Waals surface area (Å²) in [5.74, 6) is 0.454. The average Bonchev–Trinajstić information content (AvgIpc) is 2.30. The lowest BCUT2D eigenvalue weighted by atomic mass is 9.96. The quantitative estimate of drug-likeness (QED) is 0.741. The van der Waals surface area contributed by atoms with E-state index in [1.807, 2.05) is 12.1 Å². The lowest BCUT2D eigenvalue weighted by molar-refractivity contribution is 0.521. The van der Waals surface area contributed by atoms with Crippen molar-refractivity contribution >= 4 is 5.69 Å². The van der Waals surface area contributed by atoms with Gasteiger partial charge < -0.3 is 11.1 Å². The fraction of sp³-hybridized carbons (Fsp3) is 0.462. The molecule has 0 aromatic carbocycles. The maximum Gasteiger partial charge on any atom is 0.0568 e. The molecule has 88 valence electrons. The van der Waals surface area contributed by atoms with Crippen molar-refractivity contribution in [2.24, 2.45) is 11.7 Å². The van der Waals surface area contributed by atoms with E-state index in [9.17, 15) is 0 Å². The van der Waals surface area contributed by atoms with Gasteiger partial charge in [-0.2, -0.15) is 0 Å². The topological polar surface area (TPSA) is 50.9 Å². The average molecular weight is 219 g/mol. The molecule has 1 atom stereocenters. The van der Waals surface area contributed by atoms with Gasteiger partial charge in [0, 0.05) is 11.9 Å². The van der Waals surface area contributed by atoms with Crippen LogP contribution in [0.4, 0.5) is 5.69 Å². The molecule has 1 aromatic rings. The zero-order valence-electron chi connectivity index (χ0n) is 9.95. The van der Waals surface area contributed by atoms with Gasteiger partial charge in [-0.25, -0.2) is 0 Å². The van der Waals surface area contributed by atoms with Crippen LogP contribution in [-0.2, 0) is 0 Å². The maximum absolute atomic E-state index is 5.61. The Labute approximate surface area is 97.8 Å². The van der Waals surface area contributed by atoms with E-state index in [0.717, 1.165) is 30.6 Å². The first kappa shape index (κ1) is 12.7. The number of aromatic nitrogens is 1. The van der Waals surface area contributed by atoms with Crippen LogP contribution in [0.15, 0.2) is 36.8 Å². The predicted molar refractivity (Wildman–Crippen MR) is 69.1 cm³/mol. The van der Waals surface area contributed by atoms with E-state index in [-0.39, 0.29) is 0 Å². The van der Waals surface area contributed by atoms with Crippen LogP contribution in [0.5, 0.6) is 0 Å². The Morgan fingerprint density at radius 3 is 2.94 bits per heavy atom. The van der Waals surface area contributed by atoms with E-state index in [4.69, 9.17) is 5.73 Å². The van der Waals surface area contributed by atoms with Crippen LogP contribution >= 0.6 is 0 Å². The lowest BCUT2D eigenvalue weighted by Crippen LogP contribution is -2.15. The number of nitrogens with two attached hydrogens (primary N) is 1. The minimum absolute atomic E-state index is 0.454. The van der Waals surface area contributed by atoms with Crippen LogP contribution in [0.2, 0.25) is 0 Å². The first-order chi connectivity index (χ1) is 7.77. The first-order valence-corrected chi connectivity index (χ1v) is 5.83. The summed E-state index contributed by atoms with van der Waals surface area (Å²) in [6.45, 7) is 6.98. The second-order valence-electron chi connectivity index (χ2n) is 3.95. The van der Waals surface area contributed by atoms with Gasteiger partial charge in [-0.1, -0.05) is 19.9 Å². The molecule has 0 aliphatic rings. The normalized spacial score (nSPS) is 12.1. The van der Waals surface area contributed by atoms with Crippen molar-refractivity contribution in [2.45, 2.75) is 26.2 Å². The number of anilines is 1. The molecule has 0 fully saturated rings. The van der Waals surface area contributed by atoms with Crippen LogP contribution in [0.25, 0.3) is 0 Å². The Kier molecular flexibility index (Phi) is 5.57. The number of pyridine rings is 1. The van der Waals surface area contributed by atoms with Crippen molar-refractivity contribution in [3.8, 4) is 0 Å². The summed E-state index contributed by atoms with van der Waals surface area (Å²) in [7, 11) is 0. The highest BCUT2D eigenvalue weighted by Gasteiger charge is 2.10. The van der Waals surface area contributed by atoms with E-state index in [2.05, 4.69) is 23.8 Å². The molecular formula is C13H21N3. The number of nitrogens with zero attached hydrogens (tertiary/aromatic N) is 1. The predicted octanol–water partition coefficient (Wildman–Crippen LogP) is 2.77. The molecule has 1 rings (SSSR count). The molecule has 0 radical (unpaired) electrons. The van der Waals surface area contributed by atoms with Crippen molar-refractivity contribution in [2.75, 3.05) is 11.9 Å². The van der Waals surface area contributed by atoms with E-state index in [1.165, 1.54) is 0 Å². The number of hydrogen-bond acceptors (Lipinski definition) is 3. The zero-order chi connectivity index (χ0) is 11.8. The molecule has 0 saturated heterocycles. The summed E-state index contributed by atoms with van der Waals surface area (Å²) in [4.78, 5) is 4.06. The molecule has 0 amide bonds. The van der Waals surface area contributed by atoms with Gasteiger partial charge in [0.05, 0.1) is 11.9 Å². The first-order valence-electron chi connectivity index (χ1n) is 5.83. The van der Waals surface area contributed by atoms with Crippen LogP contribution in [0, 0.1) is 5.92 Å². The zero-order valence-corrected chi connectivity index (χ0v) is 9.95. The maximum atomic E-state index is 5.61. The van der Waals surface area contributed by atoms with E-state index >= 15 is 0 Å². The van der Waals surface area contributed by atoms with Crippen molar-refractivity contribution in [3.05, 3.63) is 36.8 Å². The third-order valence-electron chi connectivity index (χ3n) is 2.61. The Morgan fingerprint density at radius 1 is 1.56 bits per heavy atom. The molecule has 3 nitrogen and oxygen atoms in total. The van der Waals surface area contributed by atoms with Crippen LogP contribution in [-0.4, -0.2) is 11.5 Å². The van der Waals surface area contributed by atoms with Crippen molar-refractivity contribution < 1.29 is 0 Å². The van der Waals surface area contributed by atoms with Crippen molar-refractivity contribution in [3.63, 3.8) is 0 Å². The number of allylic oxidation sites excluding steroid dienone is 1. The summed E-state index contributed by atoms with van der Waals surface area (Å²) < 4.78 is 0. The van der Waals surface area contributed by atoms with Gasteiger partial charge in [-0.15, -0.1) is 0 Å². The number of hydrogen-bond donors (Lipinski definition) is 2. The Hall–Kier alpha value is -1.35. The third kappa shape index (κ3) is 4.03.